The summed E-state index contributed by atoms with van der Waals surface area (Å²) >= 11 is 6.12. The lowest BCUT2D eigenvalue weighted by atomic mass is 9.74. The Morgan fingerprint density at radius 1 is 1.06 bits per heavy atom. The van der Waals surface area contributed by atoms with Crippen molar-refractivity contribution in [3.8, 4) is 0 Å². The first-order valence-corrected chi connectivity index (χ1v) is 12.5. The number of rotatable bonds is 5. The van der Waals surface area contributed by atoms with E-state index in [4.69, 9.17) is 11.6 Å². The molecule has 1 saturated heterocycles. The molecule has 1 saturated carbocycles. The normalized spacial score (nSPS) is 26.9. The molecule has 1 N–H and O–H groups in total. The highest BCUT2D eigenvalue weighted by Crippen LogP contribution is 2.41. The minimum Gasteiger partial charge on any atom is -0.385 e. The highest BCUT2D eigenvalue weighted by atomic mass is 35.5. The summed E-state index contributed by atoms with van der Waals surface area (Å²) in [6, 6.07) is 16.6. The van der Waals surface area contributed by atoms with Gasteiger partial charge in [0.15, 0.2) is 0 Å². The third-order valence-corrected chi connectivity index (χ3v) is 7.57. The first-order chi connectivity index (χ1) is 15.4. The van der Waals surface area contributed by atoms with Crippen LogP contribution in [0.4, 0.5) is 0 Å². The van der Waals surface area contributed by atoms with Gasteiger partial charge in [0.05, 0.1) is 5.60 Å². The topological polar surface area (TPSA) is 26.7 Å². The smallest absolute Gasteiger partial charge is 0.0940 e. The molecule has 2 aromatic rings. The zero-order chi connectivity index (χ0) is 22.6. The molecule has 0 amide bonds. The van der Waals surface area contributed by atoms with Crippen molar-refractivity contribution in [1.29, 1.82) is 0 Å². The zero-order valence-electron chi connectivity index (χ0n) is 19.6. The van der Waals surface area contributed by atoms with Crippen LogP contribution in [0.15, 0.2) is 54.1 Å². The van der Waals surface area contributed by atoms with Crippen LogP contribution in [-0.2, 0) is 6.42 Å². The maximum absolute atomic E-state index is 12.5. The van der Waals surface area contributed by atoms with Crippen LogP contribution in [0.5, 0.6) is 0 Å². The van der Waals surface area contributed by atoms with Gasteiger partial charge in [-0.3, -0.25) is 0 Å². The molecule has 32 heavy (non-hydrogen) atoms. The molecule has 2 fully saturated rings. The molecule has 2 unspecified atom stereocenters. The summed E-state index contributed by atoms with van der Waals surface area (Å²) in [6.07, 6.45) is 7.24. The number of aryl methyl sites for hydroxylation is 1. The largest absolute Gasteiger partial charge is 0.385 e. The Hall–Kier alpha value is -1.65. The molecule has 0 radical (unpaired) electrons. The molecule has 2 aromatic carbocycles. The fraction of sp³-hybridized carbons (Fsp3) is 0.500. The van der Waals surface area contributed by atoms with Crippen LogP contribution in [-0.4, -0.2) is 60.3 Å². The molecule has 1 heterocycles. The van der Waals surface area contributed by atoms with E-state index in [-0.39, 0.29) is 5.92 Å². The average molecular weight is 453 g/mol. The minimum absolute atomic E-state index is 0.229. The first kappa shape index (κ1) is 23.5. The van der Waals surface area contributed by atoms with E-state index < -0.39 is 5.60 Å². The Morgan fingerprint density at radius 3 is 2.53 bits per heavy atom. The van der Waals surface area contributed by atoms with Crippen molar-refractivity contribution in [1.82, 2.24) is 9.80 Å². The van der Waals surface area contributed by atoms with Gasteiger partial charge in [-0.05, 0) is 62.1 Å². The lowest BCUT2D eigenvalue weighted by molar-refractivity contribution is -0.00643. The fourth-order valence-electron chi connectivity index (χ4n) is 5.36. The minimum atomic E-state index is -0.840. The van der Waals surface area contributed by atoms with E-state index in [9.17, 15) is 5.11 Å². The summed E-state index contributed by atoms with van der Waals surface area (Å²) in [5, 5.41) is 13.2. The van der Waals surface area contributed by atoms with Gasteiger partial charge < -0.3 is 14.9 Å². The van der Waals surface area contributed by atoms with Gasteiger partial charge in [0.25, 0.3) is 0 Å². The van der Waals surface area contributed by atoms with Crippen molar-refractivity contribution in [3.05, 3.63) is 75.8 Å². The van der Waals surface area contributed by atoms with Crippen molar-refractivity contribution < 1.29 is 5.11 Å². The number of likely N-dealkylation sites (N-methyl/N-ethyl adjacent to an activating group) is 1. The SMILES string of the molecule is Cc1cccc(CC2(O)C(=Cc3ccc(Cl)cc3)CCCCC2CN2CCN(C)CC2)c1. The second kappa shape index (κ2) is 10.5. The van der Waals surface area contributed by atoms with Crippen molar-refractivity contribution in [2.45, 2.75) is 44.6 Å². The van der Waals surface area contributed by atoms with Gasteiger partial charge in [0.1, 0.15) is 0 Å². The third-order valence-electron chi connectivity index (χ3n) is 7.32. The molecule has 3 nitrogen and oxygen atoms in total. The standard InChI is InChI=1S/C28H37ClN2O/c1-22-6-5-7-24(18-22)20-28(32)25(19-23-10-12-27(29)13-11-23)8-3-4-9-26(28)21-31-16-14-30(2)15-17-31/h5-7,10-13,18-19,26,32H,3-4,8-9,14-17,20-21H2,1-2H3. The molecule has 1 aliphatic heterocycles. The molecule has 4 heteroatoms. The predicted octanol–water partition coefficient (Wildman–Crippen LogP) is 5.44. The Balaban J connectivity index is 1.68. The highest BCUT2D eigenvalue weighted by molar-refractivity contribution is 6.30. The molecule has 0 aromatic heterocycles. The summed E-state index contributed by atoms with van der Waals surface area (Å²) in [7, 11) is 2.20. The van der Waals surface area contributed by atoms with Gasteiger partial charge in [-0.1, -0.05) is 66.1 Å². The third kappa shape index (κ3) is 5.82. The zero-order valence-corrected chi connectivity index (χ0v) is 20.3. The van der Waals surface area contributed by atoms with Gasteiger partial charge >= 0.3 is 0 Å². The van der Waals surface area contributed by atoms with Crippen LogP contribution < -0.4 is 0 Å². The Morgan fingerprint density at radius 2 is 1.81 bits per heavy atom. The number of piperazine rings is 1. The van der Waals surface area contributed by atoms with Crippen LogP contribution in [0.3, 0.4) is 0 Å². The molecule has 0 bridgehead atoms. The maximum Gasteiger partial charge on any atom is 0.0940 e. The monoisotopic (exact) mass is 452 g/mol. The predicted molar refractivity (Wildman–Crippen MR) is 135 cm³/mol. The molecular formula is C28H37ClN2O. The van der Waals surface area contributed by atoms with Crippen molar-refractivity contribution in [2.24, 2.45) is 5.92 Å². The second-order valence-electron chi connectivity index (χ2n) is 9.86. The molecule has 1 aliphatic carbocycles. The van der Waals surface area contributed by atoms with Gasteiger partial charge in [0.2, 0.25) is 0 Å². The Kier molecular flexibility index (Phi) is 7.73. The van der Waals surface area contributed by atoms with Gasteiger partial charge in [-0.25, -0.2) is 0 Å². The lowest BCUT2D eigenvalue weighted by Gasteiger charge is -2.42. The molecule has 172 valence electrons. The maximum atomic E-state index is 12.5. The lowest BCUT2D eigenvalue weighted by Crippen LogP contribution is -2.51. The molecule has 2 aliphatic rings. The molecule has 2 atom stereocenters. The van der Waals surface area contributed by atoms with Crippen LogP contribution in [0.25, 0.3) is 6.08 Å². The van der Waals surface area contributed by atoms with Crippen LogP contribution >= 0.6 is 11.6 Å². The first-order valence-electron chi connectivity index (χ1n) is 12.1. The summed E-state index contributed by atoms with van der Waals surface area (Å²) in [4.78, 5) is 4.96. The van der Waals surface area contributed by atoms with E-state index in [0.717, 1.165) is 62.6 Å². The van der Waals surface area contributed by atoms with Crippen molar-refractivity contribution >= 4 is 17.7 Å². The molecule has 0 spiro atoms. The quantitative estimate of drug-likeness (QED) is 0.611. The van der Waals surface area contributed by atoms with E-state index in [2.05, 4.69) is 66.2 Å². The van der Waals surface area contributed by atoms with E-state index in [0.29, 0.717) is 6.42 Å². The van der Waals surface area contributed by atoms with Crippen LogP contribution in [0, 0.1) is 12.8 Å². The Labute approximate surface area is 198 Å². The summed E-state index contributed by atoms with van der Waals surface area (Å²) in [5.41, 5.74) is 3.93. The van der Waals surface area contributed by atoms with E-state index in [1.54, 1.807) is 0 Å². The summed E-state index contributed by atoms with van der Waals surface area (Å²) in [6.45, 7) is 7.49. The van der Waals surface area contributed by atoms with E-state index >= 15 is 0 Å². The molecular weight excluding hydrogens is 416 g/mol. The van der Waals surface area contributed by atoms with Crippen molar-refractivity contribution in [3.63, 3.8) is 0 Å². The van der Waals surface area contributed by atoms with Gasteiger partial charge in [0, 0.05) is 50.1 Å². The van der Waals surface area contributed by atoms with Crippen LogP contribution in [0.2, 0.25) is 5.02 Å². The highest BCUT2D eigenvalue weighted by Gasteiger charge is 2.42. The van der Waals surface area contributed by atoms with E-state index in [1.807, 2.05) is 12.1 Å². The second-order valence-corrected chi connectivity index (χ2v) is 10.3. The van der Waals surface area contributed by atoms with Gasteiger partial charge in [-0.2, -0.15) is 0 Å². The number of hydrogen-bond acceptors (Lipinski definition) is 3. The van der Waals surface area contributed by atoms with Crippen molar-refractivity contribution in [2.75, 3.05) is 39.8 Å². The number of aliphatic hydroxyl groups is 1. The number of hydrogen-bond donors (Lipinski definition) is 1. The van der Waals surface area contributed by atoms with E-state index in [1.165, 1.54) is 23.1 Å². The summed E-state index contributed by atoms with van der Waals surface area (Å²) in [5.74, 6) is 0.229. The average Bonchev–Trinajstić information content (AvgIpc) is 2.91. The summed E-state index contributed by atoms with van der Waals surface area (Å²) < 4.78 is 0. The number of halogens is 1. The van der Waals surface area contributed by atoms with Gasteiger partial charge in [-0.15, -0.1) is 0 Å². The molecule has 4 rings (SSSR count). The van der Waals surface area contributed by atoms with Crippen LogP contribution in [0.1, 0.15) is 42.4 Å². The fourth-order valence-corrected chi connectivity index (χ4v) is 5.48. The number of nitrogens with zero attached hydrogens (tertiary/aromatic N) is 2. The number of benzene rings is 2. The Bertz CT molecular complexity index is 917.